The van der Waals surface area contributed by atoms with Gasteiger partial charge in [-0.3, -0.25) is 10.1 Å². The van der Waals surface area contributed by atoms with Gasteiger partial charge in [-0.1, -0.05) is 0 Å². The summed E-state index contributed by atoms with van der Waals surface area (Å²) in [5.41, 5.74) is 6.92. The molecule has 0 atom stereocenters. The maximum atomic E-state index is 10.4. The van der Waals surface area contributed by atoms with Crippen LogP contribution in [-0.2, 0) is 6.42 Å². The van der Waals surface area contributed by atoms with Crippen LogP contribution < -0.4 is 5.73 Å². The fourth-order valence-corrected chi connectivity index (χ4v) is 1.23. The summed E-state index contributed by atoms with van der Waals surface area (Å²) in [5.74, 6) is 0.408. The molecular formula is C8H9ClN2O2. The van der Waals surface area contributed by atoms with E-state index in [1.165, 1.54) is 18.2 Å². The molecule has 0 fully saturated rings. The Morgan fingerprint density at radius 3 is 2.77 bits per heavy atom. The van der Waals surface area contributed by atoms with Crippen LogP contribution in [0.25, 0.3) is 0 Å². The average Bonchev–Trinajstić information content (AvgIpc) is 2.08. The maximum absolute atomic E-state index is 10.4. The number of alkyl halides is 1. The Kier molecular flexibility index (Phi) is 3.08. The number of nitro benzene ring substituents is 1. The van der Waals surface area contributed by atoms with E-state index in [9.17, 15) is 10.1 Å². The second-order valence-electron chi connectivity index (χ2n) is 2.58. The molecule has 0 aromatic heterocycles. The van der Waals surface area contributed by atoms with E-state index in [1.807, 2.05) is 0 Å². The van der Waals surface area contributed by atoms with E-state index in [0.717, 1.165) is 5.56 Å². The van der Waals surface area contributed by atoms with Gasteiger partial charge in [-0.2, -0.15) is 0 Å². The third-order valence-electron chi connectivity index (χ3n) is 1.70. The van der Waals surface area contributed by atoms with Gasteiger partial charge >= 0.3 is 0 Å². The minimum atomic E-state index is -0.447. The lowest BCUT2D eigenvalue weighted by Gasteiger charge is -2.02. The van der Waals surface area contributed by atoms with Crippen molar-refractivity contribution in [2.45, 2.75) is 6.42 Å². The van der Waals surface area contributed by atoms with Gasteiger partial charge in [0.05, 0.1) is 4.92 Å². The molecule has 0 radical (unpaired) electrons. The topological polar surface area (TPSA) is 69.2 Å². The minimum Gasteiger partial charge on any atom is -0.398 e. The zero-order valence-electron chi connectivity index (χ0n) is 6.87. The molecular weight excluding hydrogens is 192 g/mol. The largest absolute Gasteiger partial charge is 0.398 e. The number of nitrogen functional groups attached to an aromatic ring is 1. The van der Waals surface area contributed by atoms with Crippen molar-refractivity contribution < 1.29 is 4.92 Å². The molecule has 1 aromatic carbocycles. The van der Waals surface area contributed by atoms with Gasteiger partial charge < -0.3 is 5.73 Å². The van der Waals surface area contributed by atoms with Gasteiger partial charge in [0.1, 0.15) is 0 Å². The Balaban J connectivity index is 3.03. The third kappa shape index (κ3) is 2.32. The lowest BCUT2D eigenvalue weighted by Crippen LogP contribution is -1.97. The number of hydrogen-bond donors (Lipinski definition) is 1. The zero-order chi connectivity index (χ0) is 9.84. The molecule has 1 rings (SSSR count). The van der Waals surface area contributed by atoms with E-state index in [4.69, 9.17) is 17.3 Å². The van der Waals surface area contributed by atoms with Crippen LogP contribution in [0, 0.1) is 10.1 Å². The summed E-state index contributed by atoms with van der Waals surface area (Å²) in [6, 6.07) is 4.37. The van der Waals surface area contributed by atoms with Gasteiger partial charge in [0.15, 0.2) is 0 Å². The number of nitro groups is 1. The second kappa shape index (κ2) is 4.09. The summed E-state index contributed by atoms with van der Waals surface area (Å²) in [7, 11) is 0. The molecule has 0 unspecified atom stereocenters. The Bertz CT molecular complexity index is 328. The summed E-state index contributed by atoms with van der Waals surface area (Å²) in [6.07, 6.45) is 0.551. The van der Waals surface area contributed by atoms with Gasteiger partial charge in [0, 0.05) is 23.7 Å². The number of anilines is 1. The van der Waals surface area contributed by atoms with Gasteiger partial charge in [0.25, 0.3) is 5.69 Å². The van der Waals surface area contributed by atoms with Crippen molar-refractivity contribution in [1.82, 2.24) is 0 Å². The van der Waals surface area contributed by atoms with Gasteiger partial charge in [-0.05, 0) is 18.1 Å². The normalized spacial score (nSPS) is 9.92. The molecule has 4 nitrogen and oxygen atoms in total. The summed E-state index contributed by atoms with van der Waals surface area (Å²) in [5, 5.41) is 10.4. The summed E-state index contributed by atoms with van der Waals surface area (Å²) in [4.78, 5) is 9.95. The van der Waals surface area contributed by atoms with Crippen LogP contribution >= 0.6 is 11.6 Å². The molecule has 0 saturated heterocycles. The van der Waals surface area contributed by atoms with Gasteiger partial charge in [0.2, 0.25) is 0 Å². The summed E-state index contributed by atoms with van der Waals surface area (Å²) < 4.78 is 0. The fraction of sp³-hybridized carbons (Fsp3) is 0.250. The first-order valence-electron chi connectivity index (χ1n) is 3.74. The average molecular weight is 201 g/mol. The van der Waals surface area contributed by atoms with Gasteiger partial charge in [-0.15, -0.1) is 11.6 Å². The number of hydrogen-bond acceptors (Lipinski definition) is 3. The smallest absolute Gasteiger partial charge is 0.269 e. The molecule has 13 heavy (non-hydrogen) atoms. The summed E-state index contributed by atoms with van der Waals surface area (Å²) >= 11 is 5.51. The second-order valence-corrected chi connectivity index (χ2v) is 2.96. The van der Waals surface area contributed by atoms with Crippen LogP contribution in [0.1, 0.15) is 5.56 Å². The van der Waals surface area contributed by atoms with Crippen molar-refractivity contribution in [3.05, 3.63) is 33.9 Å². The molecule has 0 heterocycles. The first-order chi connectivity index (χ1) is 6.15. The van der Waals surface area contributed by atoms with Crippen molar-refractivity contribution in [1.29, 1.82) is 0 Å². The molecule has 1 aromatic rings. The number of aryl methyl sites for hydroxylation is 1. The Morgan fingerprint density at radius 1 is 1.54 bits per heavy atom. The van der Waals surface area contributed by atoms with Crippen molar-refractivity contribution in [3.8, 4) is 0 Å². The van der Waals surface area contributed by atoms with Crippen LogP contribution in [0.15, 0.2) is 18.2 Å². The van der Waals surface area contributed by atoms with E-state index in [2.05, 4.69) is 0 Å². The van der Waals surface area contributed by atoms with E-state index in [1.54, 1.807) is 0 Å². The van der Waals surface area contributed by atoms with E-state index in [0.29, 0.717) is 18.0 Å². The van der Waals surface area contributed by atoms with Gasteiger partial charge in [-0.25, -0.2) is 0 Å². The highest BCUT2D eigenvalue weighted by atomic mass is 35.5. The van der Waals surface area contributed by atoms with Crippen LogP contribution in [0.3, 0.4) is 0 Å². The SMILES string of the molecule is Nc1ccc([N+](=O)[O-])cc1CCCl. The molecule has 0 bridgehead atoms. The monoisotopic (exact) mass is 200 g/mol. The molecule has 2 N–H and O–H groups in total. The van der Waals surface area contributed by atoms with Crippen molar-refractivity contribution in [3.63, 3.8) is 0 Å². The van der Waals surface area contributed by atoms with Crippen LogP contribution in [0.5, 0.6) is 0 Å². The van der Waals surface area contributed by atoms with Crippen molar-refractivity contribution >= 4 is 23.0 Å². The predicted octanol–water partition coefficient (Wildman–Crippen LogP) is 1.96. The molecule has 5 heteroatoms. The zero-order valence-corrected chi connectivity index (χ0v) is 7.62. The van der Waals surface area contributed by atoms with Crippen LogP contribution in [0.2, 0.25) is 0 Å². The number of nitrogens with zero attached hydrogens (tertiary/aromatic N) is 1. The Morgan fingerprint density at radius 2 is 2.23 bits per heavy atom. The number of nitrogens with two attached hydrogens (primary N) is 1. The third-order valence-corrected chi connectivity index (χ3v) is 1.89. The molecule has 0 aliphatic heterocycles. The lowest BCUT2D eigenvalue weighted by atomic mass is 10.1. The lowest BCUT2D eigenvalue weighted by molar-refractivity contribution is -0.384. The first kappa shape index (κ1) is 9.80. The maximum Gasteiger partial charge on any atom is 0.269 e. The predicted molar refractivity (Wildman–Crippen MR) is 51.9 cm³/mol. The standard InChI is InChI=1S/C8H9ClN2O2/c9-4-3-6-5-7(11(12)13)1-2-8(6)10/h1-2,5H,3-4,10H2. The Hall–Kier alpha value is -1.29. The highest BCUT2D eigenvalue weighted by Crippen LogP contribution is 2.20. The highest BCUT2D eigenvalue weighted by Gasteiger charge is 2.08. The number of benzene rings is 1. The number of rotatable bonds is 3. The molecule has 0 aliphatic carbocycles. The Labute approximate surface area is 80.5 Å². The van der Waals surface area contributed by atoms with E-state index >= 15 is 0 Å². The van der Waals surface area contributed by atoms with E-state index < -0.39 is 4.92 Å². The van der Waals surface area contributed by atoms with Crippen LogP contribution in [0.4, 0.5) is 11.4 Å². The molecule has 70 valence electrons. The van der Waals surface area contributed by atoms with Crippen LogP contribution in [-0.4, -0.2) is 10.8 Å². The number of non-ortho nitro benzene ring substituents is 1. The molecule has 0 aliphatic rings. The van der Waals surface area contributed by atoms with Crippen molar-refractivity contribution in [2.75, 3.05) is 11.6 Å². The summed E-state index contributed by atoms with van der Waals surface area (Å²) in [6.45, 7) is 0. The molecule has 0 amide bonds. The molecule has 0 spiro atoms. The number of halogens is 1. The molecule has 0 saturated carbocycles. The van der Waals surface area contributed by atoms with Crippen molar-refractivity contribution in [2.24, 2.45) is 0 Å². The minimum absolute atomic E-state index is 0.0503. The van der Waals surface area contributed by atoms with E-state index in [-0.39, 0.29) is 5.69 Å². The highest BCUT2D eigenvalue weighted by molar-refractivity contribution is 6.18. The fourth-order valence-electron chi connectivity index (χ4n) is 1.02. The first-order valence-corrected chi connectivity index (χ1v) is 4.27. The quantitative estimate of drug-likeness (QED) is 0.351.